The summed E-state index contributed by atoms with van der Waals surface area (Å²) in [5.74, 6) is 0.206. The van der Waals surface area contributed by atoms with E-state index in [9.17, 15) is 8.42 Å². The van der Waals surface area contributed by atoms with Crippen molar-refractivity contribution in [2.75, 3.05) is 6.54 Å². The maximum absolute atomic E-state index is 11.9. The predicted octanol–water partition coefficient (Wildman–Crippen LogP) is 1.15. The van der Waals surface area contributed by atoms with Crippen molar-refractivity contribution in [3.8, 4) is 17.9 Å². The lowest BCUT2D eigenvalue weighted by Crippen LogP contribution is -2.25. The lowest BCUT2D eigenvalue weighted by atomic mass is 10.2. The van der Waals surface area contributed by atoms with Crippen LogP contribution in [0, 0.1) is 22.7 Å². The van der Waals surface area contributed by atoms with Gasteiger partial charge in [-0.05, 0) is 26.0 Å². The van der Waals surface area contributed by atoms with E-state index in [1.54, 1.807) is 19.9 Å². The maximum atomic E-state index is 11.9. The summed E-state index contributed by atoms with van der Waals surface area (Å²) >= 11 is 0. The first-order valence-electron chi connectivity index (χ1n) is 5.48. The third-order valence-corrected chi connectivity index (χ3v) is 3.54. The number of rotatable bonds is 5. The van der Waals surface area contributed by atoms with Crippen LogP contribution in [0.25, 0.3) is 0 Å². The SMILES string of the molecule is CC(C)Oc1cccc(S(=O)(=O)NCC#N)c1C#N. The molecular formula is C12H13N3O3S. The van der Waals surface area contributed by atoms with Crippen LogP contribution in [0.3, 0.4) is 0 Å². The number of ether oxygens (including phenoxy) is 1. The Morgan fingerprint density at radius 2 is 2.05 bits per heavy atom. The monoisotopic (exact) mass is 279 g/mol. The first-order chi connectivity index (χ1) is 8.92. The Kier molecular flexibility index (Phi) is 4.87. The Hall–Kier alpha value is -2.09. The fourth-order valence-corrected chi connectivity index (χ4v) is 2.49. The summed E-state index contributed by atoms with van der Waals surface area (Å²) in [7, 11) is -3.90. The van der Waals surface area contributed by atoms with Crippen molar-refractivity contribution in [2.24, 2.45) is 0 Å². The number of nitrogens with one attached hydrogen (secondary N) is 1. The van der Waals surface area contributed by atoms with Gasteiger partial charge < -0.3 is 4.74 Å². The number of nitrogens with zero attached hydrogens (tertiary/aromatic N) is 2. The lowest BCUT2D eigenvalue weighted by molar-refractivity contribution is 0.241. The van der Waals surface area contributed by atoms with Gasteiger partial charge in [0.2, 0.25) is 10.0 Å². The largest absolute Gasteiger partial charge is 0.490 e. The van der Waals surface area contributed by atoms with Crippen molar-refractivity contribution in [3.05, 3.63) is 23.8 Å². The molecule has 0 aliphatic heterocycles. The molecule has 0 radical (unpaired) electrons. The maximum Gasteiger partial charge on any atom is 0.242 e. The molecular weight excluding hydrogens is 266 g/mol. The molecule has 1 aromatic carbocycles. The summed E-state index contributed by atoms with van der Waals surface area (Å²) in [6.45, 7) is 3.19. The van der Waals surface area contributed by atoms with Gasteiger partial charge in [-0.3, -0.25) is 0 Å². The Labute approximate surface area is 112 Å². The van der Waals surface area contributed by atoms with Crippen molar-refractivity contribution in [1.29, 1.82) is 10.5 Å². The highest BCUT2D eigenvalue weighted by Gasteiger charge is 2.21. The number of hydrogen-bond donors (Lipinski definition) is 1. The van der Waals surface area contributed by atoms with Crippen LogP contribution in [-0.4, -0.2) is 21.1 Å². The Balaban J connectivity index is 3.30. The molecule has 1 aromatic rings. The van der Waals surface area contributed by atoms with E-state index in [1.807, 2.05) is 6.07 Å². The van der Waals surface area contributed by atoms with Crippen LogP contribution < -0.4 is 9.46 Å². The van der Waals surface area contributed by atoms with Gasteiger partial charge >= 0.3 is 0 Å². The Bertz CT molecular complexity index is 639. The van der Waals surface area contributed by atoms with Gasteiger partial charge in [-0.15, -0.1) is 0 Å². The third kappa shape index (κ3) is 3.68. The van der Waals surface area contributed by atoms with Crippen molar-refractivity contribution in [1.82, 2.24) is 4.72 Å². The minimum Gasteiger partial charge on any atom is -0.490 e. The highest BCUT2D eigenvalue weighted by molar-refractivity contribution is 7.89. The van der Waals surface area contributed by atoms with Crippen molar-refractivity contribution < 1.29 is 13.2 Å². The zero-order chi connectivity index (χ0) is 14.5. The predicted molar refractivity (Wildman–Crippen MR) is 67.7 cm³/mol. The fraction of sp³-hybridized carbons (Fsp3) is 0.333. The quantitative estimate of drug-likeness (QED) is 0.814. The molecule has 0 fully saturated rings. The van der Waals surface area contributed by atoms with E-state index in [1.165, 1.54) is 18.2 Å². The van der Waals surface area contributed by atoms with Crippen LogP contribution in [-0.2, 0) is 10.0 Å². The summed E-state index contributed by atoms with van der Waals surface area (Å²) in [4.78, 5) is -0.191. The van der Waals surface area contributed by atoms with E-state index in [2.05, 4.69) is 4.72 Å². The molecule has 19 heavy (non-hydrogen) atoms. The van der Waals surface area contributed by atoms with Gasteiger partial charge in [0.1, 0.15) is 22.3 Å². The Morgan fingerprint density at radius 3 is 2.58 bits per heavy atom. The summed E-state index contributed by atoms with van der Waals surface area (Å²) in [6, 6.07) is 7.81. The normalized spacial score (nSPS) is 10.8. The number of hydrogen-bond acceptors (Lipinski definition) is 5. The molecule has 0 heterocycles. The number of sulfonamides is 1. The van der Waals surface area contributed by atoms with E-state index >= 15 is 0 Å². The molecule has 7 heteroatoms. The average Bonchev–Trinajstić information content (AvgIpc) is 2.35. The molecule has 0 spiro atoms. The van der Waals surface area contributed by atoms with Crippen LogP contribution in [0.2, 0.25) is 0 Å². The summed E-state index contributed by atoms with van der Waals surface area (Å²) in [6.07, 6.45) is -0.183. The van der Waals surface area contributed by atoms with Gasteiger partial charge in [-0.1, -0.05) is 6.07 Å². The van der Waals surface area contributed by atoms with Crippen LogP contribution in [0.15, 0.2) is 23.1 Å². The topological polar surface area (TPSA) is 103 Å². The molecule has 1 N–H and O–H groups in total. The molecule has 0 aliphatic carbocycles. The molecule has 0 saturated carbocycles. The standard InChI is InChI=1S/C12H13N3O3S/c1-9(2)18-11-4-3-5-12(10(11)8-14)19(16,17)15-7-6-13/h3-5,9,15H,7H2,1-2H3. The minimum atomic E-state index is -3.90. The van der Waals surface area contributed by atoms with Crippen LogP contribution >= 0.6 is 0 Å². The van der Waals surface area contributed by atoms with Crippen molar-refractivity contribution in [3.63, 3.8) is 0 Å². The minimum absolute atomic E-state index is 0.0679. The zero-order valence-electron chi connectivity index (χ0n) is 10.5. The summed E-state index contributed by atoms with van der Waals surface area (Å²) < 4.78 is 31.4. The molecule has 0 atom stereocenters. The van der Waals surface area contributed by atoms with E-state index in [-0.39, 0.29) is 28.9 Å². The molecule has 0 amide bonds. The van der Waals surface area contributed by atoms with Gasteiger partial charge in [0.15, 0.2) is 0 Å². The highest BCUT2D eigenvalue weighted by atomic mass is 32.2. The van der Waals surface area contributed by atoms with Crippen LogP contribution in [0.4, 0.5) is 0 Å². The molecule has 0 bridgehead atoms. The zero-order valence-corrected chi connectivity index (χ0v) is 11.4. The lowest BCUT2D eigenvalue weighted by Gasteiger charge is -2.13. The smallest absolute Gasteiger partial charge is 0.242 e. The van der Waals surface area contributed by atoms with Gasteiger partial charge in [0, 0.05) is 0 Å². The molecule has 100 valence electrons. The van der Waals surface area contributed by atoms with Gasteiger partial charge in [0.05, 0.1) is 18.7 Å². The molecule has 0 aromatic heterocycles. The average molecular weight is 279 g/mol. The summed E-state index contributed by atoms with van der Waals surface area (Å²) in [5, 5.41) is 17.5. The second-order valence-electron chi connectivity index (χ2n) is 3.89. The molecule has 0 aliphatic rings. The number of benzene rings is 1. The molecule has 1 rings (SSSR count). The first kappa shape index (κ1) is 15.0. The van der Waals surface area contributed by atoms with Gasteiger partial charge in [-0.25, -0.2) is 8.42 Å². The van der Waals surface area contributed by atoms with Crippen molar-refractivity contribution >= 4 is 10.0 Å². The molecule has 6 nitrogen and oxygen atoms in total. The van der Waals surface area contributed by atoms with Gasteiger partial charge in [-0.2, -0.15) is 15.2 Å². The van der Waals surface area contributed by atoms with E-state index < -0.39 is 10.0 Å². The van der Waals surface area contributed by atoms with Gasteiger partial charge in [0.25, 0.3) is 0 Å². The van der Waals surface area contributed by atoms with Crippen molar-refractivity contribution in [2.45, 2.75) is 24.8 Å². The van der Waals surface area contributed by atoms with E-state index in [4.69, 9.17) is 15.3 Å². The van der Waals surface area contributed by atoms with E-state index in [0.717, 1.165) is 0 Å². The fourth-order valence-electron chi connectivity index (χ4n) is 1.40. The Morgan fingerprint density at radius 1 is 1.37 bits per heavy atom. The summed E-state index contributed by atoms with van der Waals surface area (Å²) in [5.41, 5.74) is -0.0679. The second kappa shape index (κ2) is 6.19. The van der Waals surface area contributed by atoms with Crippen LogP contribution in [0.1, 0.15) is 19.4 Å². The molecule has 0 saturated heterocycles. The number of nitriles is 2. The third-order valence-electron chi connectivity index (χ3n) is 2.09. The second-order valence-corrected chi connectivity index (χ2v) is 5.63. The van der Waals surface area contributed by atoms with Crippen LogP contribution in [0.5, 0.6) is 5.75 Å². The first-order valence-corrected chi connectivity index (χ1v) is 6.97. The highest BCUT2D eigenvalue weighted by Crippen LogP contribution is 2.25. The van der Waals surface area contributed by atoms with E-state index in [0.29, 0.717) is 0 Å². The molecule has 0 unspecified atom stereocenters.